The van der Waals surface area contributed by atoms with E-state index in [4.69, 9.17) is 0 Å². The summed E-state index contributed by atoms with van der Waals surface area (Å²) in [7, 11) is 2.01. The fourth-order valence-electron chi connectivity index (χ4n) is 4.22. The van der Waals surface area contributed by atoms with E-state index in [0.29, 0.717) is 0 Å². The summed E-state index contributed by atoms with van der Waals surface area (Å²) in [6.07, 6.45) is 0. The lowest BCUT2D eigenvalue weighted by molar-refractivity contribution is 0.662. The molecule has 3 aromatic carbocycles. The molecule has 0 atom stereocenters. The molecule has 1 aliphatic carbocycles. The summed E-state index contributed by atoms with van der Waals surface area (Å²) in [5, 5.41) is 3.42. The summed E-state index contributed by atoms with van der Waals surface area (Å²) in [6.45, 7) is 6.89. The molecule has 0 bridgehead atoms. The van der Waals surface area contributed by atoms with E-state index >= 15 is 0 Å². The third kappa shape index (κ3) is 1.94. The molecule has 0 radical (unpaired) electrons. The molecule has 1 aliphatic rings. The van der Waals surface area contributed by atoms with Gasteiger partial charge >= 0.3 is 0 Å². The van der Waals surface area contributed by atoms with Crippen LogP contribution >= 0.6 is 0 Å². The van der Waals surface area contributed by atoms with Crippen LogP contribution in [-0.4, -0.2) is 7.05 Å². The topological polar surface area (TPSA) is 12.0 Å². The fourth-order valence-corrected chi connectivity index (χ4v) is 4.22. The minimum Gasteiger partial charge on any atom is -0.388 e. The number of rotatable bonds is 2. The molecule has 0 heterocycles. The molecule has 24 heavy (non-hydrogen) atoms. The smallest absolute Gasteiger partial charge is 0.0420 e. The van der Waals surface area contributed by atoms with Crippen LogP contribution in [0.15, 0.2) is 60.7 Å². The zero-order chi connectivity index (χ0) is 16.9. The third-order valence-corrected chi connectivity index (χ3v) is 5.40. The van der Waals surface area contributed by atoms with Crippen molar-refractivity contribution in [1.82, 2.24) is 0 Å². The first-order valence-corrected chi connectivity index (χ1v) is 8.57. The van der Waals surface area contributed by atoms with Gasteiger partial charge in [-0.25, -0.2) is 0 Å². The molecule has 120 valence electrons. The highest BCUT2D eigenvalue weighted by molar-refractivity contribution is 5.94. The van der Waals surface area contributed by atoms with Crippen molar-refractivity contribution in [2.75, 3.05) is 12.4 Å². The van der Waals surface area contributed by atoms with Gasteiger partial charge in [0.2, 0.25) is 0 Å². The van der Waals surface area contributed by atoms with Crippen LogP contribution in [0.4, 0.5) is 5.69 Å². The van der Waals surface area contributed by atoms with Crippen molar-refractivity contribution in [2.24, 2.45) is 0 Å². The SMILES string of the molecule is CNc1ccc2c(c1-c1ccccc1C)C(C)(C)c1ccccc1-2. The second-order valence-electron chi connectivity index (χ2n) is 7.15. The number of anilines is 1. The van der Waals surface area contributed by atoms with Crippen LogP contribution in [-0.2, 0) is 5.41 Å². The van der Waals surface area contributed by atoms with Crippen LogP contribution in [0, 0.1) is 6.92 Å². The van der Waals surface area contributed by atoms with E-state index in [-0.39, 0.29) is 5.41 Å². The molecule has 1 heteroatoms. The normalized spacial score (nSPS) is 14.2. The Hall–Kier alpha value is -2.54. The molecule has 0 saturated heterocycles. The van der Waals surface area contributed by atoms with Gasteiger partial charge < -0.3 is 5.32 Å². The fraction of sp³-hybridized carbons (Fsp3) is 0.217. The van der Waals surface area contributed by atoms with Crippen molar-refractivity contribution in [3.63, 3.8) is 0 Å². The predicted molar refractivity (Wildman–Crippen MR) is 104 cm³/mol. The average Bonchev–Trinajstić information content (AvgIpc) is 2.83. The standard InChI is InChI=1S/C23H23N/c1-15-9-5-6-10-16(15)21-20(24-4)14-13-18-17-11-7-8-12-19(17)23(2,3)22(18)21/h5-14,24H,1-4H3. The molecule has 0 aliphatic heterocycles. The van der Waals surface area contributed by atoms with Crippen LogP contribution in [0.5, 0.6) is 0 Å². The number of aryl methyl sites for hydroxylation is 1. The van der Waals surface area contributed by atoms with Gasteiger partial charge in [-0.05, 0) is 46.4 Å². The van der Waals surface area contributed by atoms with Gasteiger partial charge in [-0.1, -0.05) is 68.4 Å². The highest BCUT2D eigenvalue weighted by Gasteiger charge is 2.38. The summed E-state index contributed by atoms with van der Waals surface area (Å²) >= 11 is 0. The Morgan fingerprint density at radius 1 is 0.750 bits per heavy atom. The van der Waals surface area contributed by atoms with E-state index in [0.717, 1.165) is 0 Å². The molecular weight excluding hydrogens is 290 g/mol. The van der Waals surface area contributed by atoms with E-state index in [9.17, 15) is 0 Å². The van der Waals surface area contributed by atoms with Crippen molar-refractivity contribution in [3.8, 4) is 22.3 Å². The molecule has 0 amide bonds. The maximum Gasteiger partial charge on any atom is 0.0420 e. The first kappa shape index (κ1) is 15.0. The molecule has 0 spiro atoms. The quantitative estimate of drug-likeness (QED) is 0.611. The lowest BCUT2D eigenvalue weighted by atomic mass is 9.78. The Kier molecular flexibility index (Phi) is 3.28. The molecule has 0 unspecified atom stereocenters. The van der Waals surface area contributed by atoms with Crippen LogP contribution in [0.3, 0.4) is 0 Å². The molecule has 0 aromatic heterocycles. The van der Waals surface area contributed by atoms with Gasteiger partial charge in [0.15, 0.2) is 0 Å². The molecule has 1 nitrogen and oxygen atoms in total. The molecule has 4 rings (SSSR count). The van der Waals surface area contributed by atoms with Crippen LogP contribution < -0.4 is 5.32 Å². The number of hydrogen-bond donors (Lipinski definition) is 1. The maximum atomic E-state index is 3.42. The number of hydrogen-bond acceptors (Lipinski definition) is 1. The van der Waals surface area contributed by atoms with Gasteiger partial charge in [-0.2, -0.15) is 0 Å². The van der Waals surface area contributed by atoms with Crippen molar-refractivity contribution in [1.29, 1.82) is 0 Å². The summed E-state index contributed by atoms with van der Waals surface area (Å²) in [4.78, 5) is 0. The van der Waals surface area contributed by atoms with Gasteiger partial charge in [0.05, 0.1) is 0 Å². The van der Waals surface area contributed by atoms with Gasteiger partial charge in [0.1, 0.15) is 0 Å². The largest absolute Gasteiger partial charge is 0.388 e. The molecule has 3 aromatic rings. The Morgan fingerprint density at radius 3 is 2.12 bits per heavy atom. The van der Waals surface area contributed by atoms with Gasteiger partial charge in [0.25, 0.3) is 0 Å². The molecule has 1 N–H and O–H groups in total. The summed E-state index contributed by atoms with van der Waals surface area (Å²) < 4.78 is 0. The predicted octanol–water partition coefficient (Wildman–Crippen LogP) is 6.01. The Morgan fingerprint density at radius 2 is 1.42 bits per heavy atom. The number of benzene rings is 3. The van der Waals surface area contributed by atoms with E-state index in [2.05, 4.69) is 86.8 Å². The first-order chi connectivity index (χ1) is 11.6. The van der Waals surface area contributed by atoms with Gasteiger partial charge in [0, 0.05) is 23.7 Å². The summed E-state index contributed by atoms with van der Waals surface area (Å²) in [6, 6.07) is 22.0. The van der Waals surface area contributed by atoms with E-state index in [1.54, 1.807) is 0 Å². The highest BCUT2D eigenvalue weighted by atomic mass is 14.8. The van der Waals surface area contributed by atoms with Gasteiger partial charge in [-0.3, -0.25) is 0 Å². The minimum atomic E-state index is -0.00357. The monoisotopic (exact) mass is 313 g/mol. The van der Waals surface area contributed by atoms with E-state index < -0.39 is 0 Å². The van der Waals surface area contributed by atoms with Crippen molar-refractivity contribution < 1.29 is 0 Å². The van der Waals surface area contributed by atoms with Crippen molar-refractivity contribution >= 4 is 5.69 Å². The zero-order valence-corrected chi connectivity index (χ0v) is 14.8. The second kappa shape index (κ2) is 5.24. The van der Waals surface area contributed by atoms with E-state index in [1.807, 2.05) is 7.05 Å². The van der Waals surface area contributed by atoms with Crippen molar-refractivity contribution in [3.05, 3.63) is 77.4 Å². The first-order valence-electron chi connectivity index (χ1n) is 8.57. The highest BCUT2D eigenvalue weighted by Crippen LogP contribution is 2.54. The molecular formula is C23H23N. The van der Waals surface area contributed by atoms with Crippen LogP contribution in [0.25, 0.3) is 22.3 Å². The lowest BCUT2D eigenvalue weighted by Crippen LogP contribution is -2.17. The Bertz CT molecular complexity index is 935. The maximum absolute atomic E-state index is 3.42. The number of fused-ring (bicyclic) bond motifs is 3. The van der Waals surface area contributed by atoms with Crippen LogP contribution in [0.1, 0.15) is 30.5 Å². The van der Waals surface area contributed by atoms with E-state index in [1.165, 1.54) is 44.6 Å². The zero-order valence-electron chi connectivity index (χ0n) is 14.8. The van der Waals surface area contributed by atoms with Crippen molar-refractivity contribution in [2.45, 2.75) is 26.2 Å². The number of nitrogens with one attached hydrogen (secondary N) is 1. The summed E-state index contributed by atoms with van der Waals surface area (Å²) in [5.74, 6) is 0. The Balaban J connectivity index is 2.12. The molecule has 0 saturated carbocycles. The third-order valence-electron chi connectivity index (χ3n) is 5.40. The second-order valence-corrected chi connectivity index (χ2v) is 7.15. The van der Waals surface area contributed by atoms with Crippen LogP contribution in [0.2, 0.25) is 0 Å². The van der Waals surface area contributed by atoms with Gasteiger partial charge in [-0.15, -0.1) is 0 Å². The minimum absolute atomic E-state index is 0.00357. The average molecular weight is 313 g/mol. The molecule has 0 fully saturated rings. The summed E-state index contributed by atoms with van der Waals surface area (Å²) in [5.41, 5.74) is 10.8. The Labute approximate surface area is 144 Å². The lowest BCUT2D eigenvalue weighted by Gasteiger charge is -2.26.